The molecule has 1 aromatic heterocycles. The zero-order valence-electron chi connectivity index (χ0n) is 12.3. The Morgan fingerprint density at radius 2 is 1.84 bits per heavy atom. The first-order valence-corrected chi connectivity index (χ1v) is 8.52. The average Bonchev–Trinajstić information content (AvgIpc) is 3.03. The molecule has 0 saturated carbocycles. The first kappa shape index (κ1) is 17.6. The molecular weight excluding hydrogens is 419 g/mol. The second-order valence-electron chi connectivity index (χ2n) is 4.96. The van der Waals surface area contributed by atoms with E-state index in [1.807, 2.05) is 24.3 Å². The van der Waals surface area contributed by atoms with Gasteiger partial charge in [0.1, 0.15) is 5.01 Å². The minimum Gasteiger partial charge on any atom is -0.296 e. The Bertz CT molecular complexity index is 927. The largest absolute Gasteiger partial charge is 0.416 e. The molecule has 0 aliphatic carbocycles. The van der Waals surface area contributed by atoms with E-state index in [1.54, 1.807) is 0 Å². The maximum atomic E-state index is 12.7. The van der Waals surface area contributed by atoms with Crippen LogP contribution in [0.2, 0.25) is 0 Å². The Morgan fingerprint density at radius 1 is 1.08 bits per heavy atom. The number of anilines is 1. The fourth-order valence-electron chi connectivity index (χ4n) is 2.02. The van der Waals surface area contributed by atoms with Crippen LogP contribution in [-0.2, 0) is 6.18 Å². The lowest BCUT2D eigenvalue weighted by atomic mass is 10.1. The molecule has 0 unspecified atom stereocenters. The standard InChI is InChI=1S/C16H9BrF3N3OS/c17-12-6-2-4-10(8-12)14-22-23-15(25-14)21-13(24)9-3-1-5-11(7-9)16(18,19)20/h1-8H,(H,21,23,24). The highest BCUT2D eigenvalue weighted by molar-refractivity contribution is 9.10. The van der Waals surface area contributed by atoms with Crippen LogP contribution in [0.3, 0.4) is 0 Å². The predicted molar refractivity (Wildman–Crippen MR) is 92.4 cm³/mol. The van der Waals surface area contributed by atoms with E-state index in [2.05, 4.69) is 31.4 Å². The second-order valence-corrected chi connectivity index (χ2v) is 6.85. The average molecular weight is 428 g/mol. The Labute approximate surface area is 152 Å². The number of carbonyl (C=O) groups excluding carboxylic acids is 1. The van der Waals surface area contributed by atoms with Gasteiger partial charge in [-0.25, -0.2) is 0 Å². The van der Waals surface area contributed by atoms with Gasteiger partial charge in [0, 0.05) is 15.6 Å². The fourth-order valence-corrected chi connectivity index (χ4v) is 3.15. The summed E-state index contributed by atoms with van der Waals surface area (Å²) in [6.07, 6.45) is -4.51. The van der Waals surface area contributed by atoms with Gasteiger partial charge in [0.15, 0.2) is 0 Å². The van der Waals surface area contributed by atoms with Crippen molar-refractivity contribution in [2.45, 2.75) is 6.18 Å². The second kappa shape index (κ2) is 6.93. The van der Waals surface area contributed by atoms with Crippen molar-refractivity contribution < 1.29 is 18.0 Å². The number of halogens is 4. The van der Waals surface area contributed by atoms with Gasteiger partial charge in [-0.3, -0.25) is 10.1 Å². The van der Waals surface area contributed by atoms with Gasteiger partial charge in [0.2, 0.25) is 5.13 Å². The monoisotopic (exact) mass is 427 g/mol. The van der Waals surface area contributed by atoms with Crippen LogP contribution in [0.15, 0.2) is 53.0 Å². The smallest absolute Gasteiger partial charge is 0.296 e. The van der Waals surface area contributed by atoms with Crippen molar-refractivity contribution >= 4 is 38.3 Å². The van der Waals surface area contributed by atoms with E-state index in [0.717, 1.165) is 33.5 Å². The van der Waals surface area contributed by atoms with Crippen molar-refractivity contribution in [2.75, 3.05) is 5.32 Å². The lowest BCUT2D eigenvalue weighted by molar-refractivity contribution is -0.137. The number of hydrogen-bond acceptors (Lipinski definition) is 4. The summed E-state index contributed by atoms with van der Waals surface area (Å²) >= 11 is 4.48. The normalized spacial score (nSPS) is 11.4. The van der Waals surface area contributed by atoms with Crippen LogP contribution in [-0.4, -0.2) is 16.1 Å². The van der Waals surface area contributed by atoms with Gasteiger partial charge in [-0.15, -0.1) is 10.2 Å². The molecule has 0 aliphatic heterocycles. The number of amides is 1. The number of aromatic nitrogens is 2. The molecule has 3 rings (SSSR count). The summed E-state index contributed by atoms with van der Waals surface area (Å²) in [5.41, 5.74) is -0.173. The van der Waals surface area contributed by atoms with Gasteiger partial charge >= 0.3 is 6.18 Å². The molecule has 0 bridgehead atoms. The van der Waals surface area contributed by atoms with E-state index >= 15 is 0 Å². The molecule has 9 heteroatoms. The minimum atomic E-state index is -4.51. The Kier molecular flexibility index (Phi) is 4.87. The van der Waals surface area contributed by atoms with Gasteiger partial charge in [-0.1, -0.05) is 45.5 Å². The molecule has 1 N–H and O–H groups in total. The van der Waals surface area contributed by atoms with Crippen molar-refractivity contribution in [1.29, 1.82) is 0 Å². The predicted octanol–water partition coefficient (Wildman–Crippen LogP) is 5.24. The van der Waals surface area contributed by atoms with Crippen LogP contribution in [0.4, 0.5) is 18.3 Å². The molecule has 0 atom stereocenters. The molecule has 128 valence electrons. The summed E-state index contributed by atoms with van der Waals surface area (Å²) in [6.45, 7) is 0. The molecule has 0 aliphatic rings. The number of benzene rings is 2. The van der Waals surface area contributed by atoms with Gasteiger partial charge < -0.3 is 0 Å². The number of hydrogen-bond donors (Lipinski definition) is 1. The van der Waals surface area contributed by atoms with Crippen LogP contribution in [0.1, 0.15) is 15.9 Å². The third-order valence-corrected chi connectivity index (χ3v) is 4.55. The highest BCUT2D eigenvalue weighted by Crippen LogP contribution is 2.30. The van der Waals surface area contributed by atoms with Gasteiger partial charge in [0.05, 0.1) is 5.56 Å². The van der Waals surface area contributed by atoms with Gasteiger partial charge in [-0.2, -0.15) is 13.2 Å². The van der Waals surface area contributed by atoms with Crippen LogP contribution in [0.25, 0.3) is 10.6 Å². The maximum absolute atomic E-state index is 12.7. The molecule has 0 spiro atoms. The fraction of sp³-hybridized carbons (Fsp3) is 0.0625. The van der Waals surface area contributed by atoms with Crippen LogP contribution < -0.4 is 5.32 Å². The summed E-state index contributed by atoms with van der Waals surface area (Å²) in [4.78, 5) is 12.1. The lowest BCUT2D eigenvalue weighted by Crippen LogP contribution is -2.13. The van der Waals surface area contributed by atoms with E-state index in [0.29, 0.717) is 5.01 Å². The summed E-state index contributed by atoms with van der Waals surface area (Å²) < 4.78 is 39.0. The highest BCUT2D eigenvalue weighted by Gasteiger charge is 2.31. The summed E-state index contributed by atoms with van der Waals surface area (Å²) in [6, 6.07) is 11.6. The van der Waals surface area contributed by atoms with E-state index in [9.17, 15) is 18.0 Å². The van der Waals surface area contributed by atoms with Crippen LogP contribution in [0, 0.1) is 0 Å². The summed E-state index contributed by atoms with van der Waals surface area (Å²) in [5.74, 6) is -0.678. The first-order chi connectivity index (χ1) is 11.8. The summed E-state index contributed by atoms with van der Waals surface area (Å²) in [7, 11) is 0. The molecule has 0 radical (unpaired) electrons. The third kappa shape index (κ3) is 4.23. The van der Waals surface area contributed by atoms with E-state index < -0.39 is 17.6 Å². The molecule has 0 saturated heterocycles. The molecule has 1 heterocycles. The van der Waals surface area contributed by atoms with Crippen LogP contribution in [0.5, 0.6) is 0 Å². The molecule has 0 fully saturated rings. The minimum absolute atomic E-state index is 0.103. The Morgan fingerprint density at radius 3 is 2.56 bits per heavy atom. The maximum Gasteiger partial charge on any atom is 0.416 e. The highest BCUT2D eigenvalue weighted by atomic mass is 79.9. The Hall–Kier alpha value is -2.26. The van der Waals surface area contributed by atoms with Gasteiger partial charge in [0.25, 0.3) is 5.91 Å². The van der Waals surface area contributed by atoms with Crippen molar-refractivity contribution in [3.05, 3.63) is 64.1 Å². The quantitative estimate of drug-likeness (QED) is 0.621. The van der Waals surface area contributed by atoms with E-state index in [4.69, 9.17) is 0 Å². The lowest BCUT2D eigenvalue weighted by Gasteiger charge is -2.08. The van der Waals surface area contributed by atoms with Crippen molar-refractivity contribution in [3.8, 4) is 10.6 Å². The number of nitrogens with one attached hydrogen (secondary N) is 1. The molecule has 1 amide bonds. The number of rotatable bonds is 3. The first-order valence-electron chi connectivity index (χ1n) is 6.91. The van der Waals surface area contributed by atoms with Crippen molar-refractivity contribution in [3.63, 3.8) is 0 Å². The van der Waals surface area contributed by atoms with Crippen molar-refractivity contribution in [1.82, 2.24) is 10.2 Å². The molecule has 2 aromatic carbocycles. The SMILES string of the molecule is O=C(Nc1nnc(-c2cccc(Br)c2)s1)c1cccc(C(F)(F)F)c1. The van der Waals surface area contributed by atoms with Gasteiger partial charge in [-0.05, 0) is 30.3 Å². The topological polar surface area (TPSA) is 54.9 Å². The van der Waals surface area contributed by atoms with E-state index in [-0.39, 0.29) is 10.7 Å². The zero-order valence-corrected chi connectivity index (χ0v) is 14.7. The van der Waals surface area contributed by atoms with Crippen molar-refractivity contribution in [2.24, 2.45) is 0 Å². The molecule has 4 nitrogen and oxygen atoms in total. The molecular formula is C16H9BrF3N3OS. The number of carbonyl (C=O) groups is 1. The summed E-state index contributed by atoms with van der Waals surface area (Å²) in [5, 5.41) is 11.1. The van der Waals surface area contributed by atoms with E-state index in [1.165, 1.54) is 12.1 Å². The number of alkyl halides is 3. The molecule has 3 aromatic rings. The number of nitrogens with zero attached hydrogens (tertiary/aromatic N) is 2. The Balaban J connectivity index is 1.78. The molecule has 25 heavy (non-hydrogen) atoms. The van der Waals surface area contributed by atoms with Crippen LogP contribution >= 0.6 is 27.3 Å². The third-order valence-electron chi connectivity index (χ3n) is 3.17. The zero-order chi connectivity index (χ0) is 18.0.